The molecule has 2 aromatic rings. The van der Waals surface area contributed by atoms with Crippen molar-refractivity contribution in [3.8, 4) is 0 Å². The standard InChI is InChI=1S/C18H18Cl2N2O3S/c1-2-11-3-5-12(6-4-11)21-18(23)14-9-17(16(20)10-15(14)19)26(24,25)22-13-7-8-13/h3-6,9-10,13,22H,2,7-8H2,1H3,(H,21,23). The zero-order valence-corrected chi connectivity index (χ0v) is 16.4. The summed E-state index contributed by atoms with van der Waals surface area (Å²) in [4.78, 5) is 12.4. The Morgan fingerprint density at radius 2 is 1.77 bits per heavy atom. The molecule has 1 fully saturated rings. The minimum atomic E-state index is -3.80. The second-order valence-electron chi connectivity index (χ2n) is 6.16. The van der Waals surface area contributed by atoms with Gasteiger partial charge in [0.1, 0.15) is 4.90 Å². The molecule has 26 heavy (non-hydrogen) atoms. The van der Waals surface area contributed by atoms with E-state index >= 15 is 0 Å². The number of carbonyl (C=O) groups is 1. The summed E-state index contributed by atoms with van der Waals surface area (Å²) in [6.45, 7) is 2.04. The smallest absolute Gasteiger partial charge is 0.257 e. The number of sulfonamides is 1. The maximum atomic E-state index is 12.6. The van der Waals surface area contributed by atoms with Gasteiger partial charge >= 0.3 is 0 Å². The van der Waals surface area contributed by atoms with Crippen LogP contribution in [-0.2, 0) is 16.4 Å². The molecule has 2 aromatic carbocycles. The van der Waals surface area contributed by atoms with Crippen molar-refractivity contribution in [1.82, 2.24) is 4.72 Å². The van der Waals surface area contributed by atoms with Crippen LogP contribution in [0.5, 0.6) is 0 Å². The number of rotatable bonds is 6. The average Bonchev–Trinajstić information content (AvgIpc) is 3.38. The Balaban J connectivity index is 1.88. The van der Waals surface area contributed by atoms with E-state index in [0.717, 1.165) is 24.8 Å². The van der Waals surface area contributed by atoms with Gasteiger partial charge in [-0.3, -0.25) is 4.79 Å². The molecule has 5 nitrogen and oxygen atoms in total. The molecule has 0 atom stereocenters. The summed E-state index contributed by atoms with van der Waals surface area (Å²) in [5, 5.41) is 2.78. The van der Waals surface area contributed by atoms with E-state index in [1.165, 1.54) is 12.1 Å². The highest BCUT2D eigenvalue weighted by molar-refractivity contribution is 7.89. The van der Waals surface area contributed by atoms with Gasteiger partial charge in [0.2, 0.25) is 10.0 Å². The fraction of sp³-hybridized carbons (Fsp3) is 0.278. The Kier molecular flexibility index (Phi) is 5.58. The number of hydrogen-bond donors (Lipinski definition) is 2. The fourth-order valence-corrected chi connectivity index (χ4v) is 4.58. The molecule has 138 valence electrons. The summed E-state index contributed by atoms with van der Waals surface area (Å²) in [5.41, 5.74) is 1.79. The van der Waals surface area contributed by atoms with Crippen LogP contribution in [-0.4, -0.2) is 20.4 Å². The highest BCUT2D eigenvalue weighted by Gasteiger charge is 2.30. The molecule has 0 radical (unpaired) electrons. The van der Waals surface area contributed by atoms with Crippen LogP contribution in [0.2, 0.25) is 10.0 Å². The highest BCUT2D eigenvalue weighted by Crippen LogP contribution is 2.31. The van der Waals surface area contributed by atoms with Crippen LogP contribution in [0.1, 0.15) is 35.7 Å². The van der Waals surface area contributed by atoms with E-state index in [1.807, 2.05) is 19.1 Å². The van der Waals surface area contributed by atoms with Gasteiger partial charge in [-0.15, -0.1) is 0 Å². The van der Waals surface area contributed by atoms with Crippen LogP contribution in [0, 0.1) is 0 Å². The second-order valence-corrected chi connectivity index (χ2v) is 8.66. The van der Waals surface area contributed by atoms with Crippen molar-refractivity contribution in [2.45, 2.75) is 37.1 Å². The normalized spacial score (nSPS) is 14.3. The molecular formula is C18H18Cl2N2O3S. The Bertz CT molecular complexity index is 940. The molecule has 0 spiro atoms. The van der Waals surface area contributed by atoms with E-state index < -0.39 is 15.9 Å². The van der Waals surface area contributed by atoms with Crippen LogP contribution in [0.4, 0.5) is 5.69 Å². The van der Waals surface area contributed by atoms with Crippen LogP contribution in [0.3, 0.4) is 0 Å². The SMILES string of the molecule is CCc1ccc(NC(=O)c2cc(S(=O)(=O)NC3CC3)c(Cl)cc2Cl)cc1. The summed E-state index contributed by atoms with van der Waals surface area (Å²) in [5.74, 6) is -0.501. The zero-order chi connectivity index (χ0) is 18.9. The molecular weight excluding hydrogens is 395 g/mol. The minimum absolute atomic E-state index is 0.0213. The lowest BCUT2D eigenvalue weighted by Crippen LogP contribution is -2.26. The van der Waals surface area contributed by atoms with Gasteiger partial charge in [-0.05, 0) is 49.1 Å². The summed E-state index contributed by atoms with van der Waals surface area (Å²) in [6, 6.07) is 9.81. The average molecular weight is 413 g/mol. The lowest BCUT2D eigenvalue weighted by molar-refractivity contribution is 0.102. The number of halogens is 2. The van der Waals surface area contributed by atoms with Crippen molar-refractivity contribution >= 4 is 44.8 Å². The van der Waals surface area contributed by atoms with Gasteiger partial charge in [-0.1, -0.05) is 42.3 Å². The topological polar surface area (TPSA) is 75.3 Å². The van der Waals surface area contributed by atoms with Gasteiger partial charge in [-0.2, -0.15) is 0 Å². The first-order valence-corrected chi connectivity index (χ1v) is 10.5. The molecule has 0 aromatic heterocycles. The maximum absolute atomic E-state index is 12.6. The van der Waals surface area contributed by atoms with Gasteiger partial charge in [0.05, 0.1) is 15.6 Å². The second kappa shape index (κ2) is 7.56. The molecule has 1 saturated carbocycles. The lowest BCUT2D eigenvalue weighted by Gasteiger charge is -2.12. The molecule has 0 heterocycles. The number of carbonyl (C=O) groups excluding carboxylic acids is 1. The third-order valence-corrected chi connectivity index (χ3v) is 6.37. The number of nitrogens with one attached hydrogen (secondary N) is 2. The third-order valence-electron chi connectivity index (χ3n) is 4.07. The van der Waals surface area contributed by atoms with E-state index in [-0.39, 0.29) is 26.5 Å². The molecule has 0 bridgehead atoms. The van der Waals surface area contributed by atoms with Crippen LogP contribution >= 0.6 is 23.2 Å². The van der Waals surface area contributed by atoms with Gasteiger partial charge in [0.15, 0.2) is 0 Å². The zero-order valence-electron chi connectivity index (χ0n) is 14.1. The van der Waals surface area contributed by atoms with Crippen LogP contribution in [0.25, 0.3) is 0 Å². The quantitative estimate of drug-likeness (QED) is 0.744. The Morgan fingerprint density at radius 3 is 2.35 bits per heavy atom. The van der Waals surface area contributed by atoms with E-state index in [2.05, 4.69) is 10.0 Å². The fourth-order valence-electron chi connectivity index (χ4n) is 2.42. The van der Waals surface area contributed by atoms with Crippen molar-refractivity contribution in [2.75, 3.05) is 5.32 Å². The summed E-state index contributed by atoms with van der Waals surface area (Å²) < 4.78 is 27.4. The predicted molar refractivity (Wildman–Crippen MR) is 104 cm³/mol. The largest absolute Gasteiger partial charge is 0.322 e. The molecule has 3 rings (SSSR count). The van der Waals surface area contributed by atoms with Gasteiger partial charge in [0.25, 0.3) is 5.91 Å². The number of hydrogen-bond acceptors (Lipinski definition) is 3. The van der Waals surface area contributed by atoms with E-state index in [9.17, 15) is 13.2 Å². The van der Waals surface area contributed by atoms with Gasteiger partial charge in [0, 0.05) is 11.7 Å². The molecule has 2 N–H and O–H groups in total. The van der Waals surface area contributed by atoms with E-state index in [4.69, 9.17) is 23.2 Å². The summed E-state index contributed by atoms with van der Waals surface area (Å²) in [7, 11) is -3.80. The molecule has 1 aliphatic carbocycles. The van der Waals surface area contributed by atoms with Crippen LogP contribution in [0.15, 0.2) is 41.3 Å². The number of benzene rings is 2. The molecule has 0 aliphatic heterocycles. The highest BCUT2D eigenvalue weighted by atomic mass is 35.5. The van der Waals surface area contributed by atoms with Gasteiger partial charge in [-0.25, -0.2) is 13.1 Å². The molecule has 0 unspecified atom stereocenters. The van der Waals surface area contributed by atoms with Crippen molar-refractivity contribution in [3.05, 3.63) is 57.6 Å². The molecule has 0 saturated heterocycles. The van der Waals surface area contributed by atoms with Gasteiger partial charge < -0.3 is 5.32 Å². The van der Waals surface area contributed by atoms with Crippen molar-refractivity contribution in [2.24, 2.45) is 0 Å². The summed E-state index contributed by atoms with van der Waals surface area (Å²) >= 11 is 12.2. The number of amides is 1. The Morgan fingerprint density at radius 1 is 1.12 bits per heavy atom. The third kappa shape index (κ3) is 4.38. The van der Waals surface area contributed by atoms with Crippen molar-refractivity contribution in [1.29, 1.82) is 0 Å². The van der Waals surface area contributed by atoms with E-state index in [0.29, 0.717) is 5.69 Å². The van der Waals surface area contributed by atoms with Crippen LogP contribution < -0.4 is 10.0 Å². The number of aryl methyl sites for hydroxylation is 1. The monoisotopic (exact) mass is 412 g/mol. The lowest BCUT2D eigenvalue weighted by atomic mass is 10.1. The minimum Gasteiger partial charge on any atom is -0.322 e. The first-order valence-electron chi connectivity index (χ1n) is 8.22. The first kappa shape index (κ1) is 19.2. The molecule has 8 heteroatoms. The first-order chi connectivity index (χ1) is 12.3. The number of anilines is 1. The molecule has 1 aliphatic rings. The summed E-state index contributed by atoms with van der Waals surface area (Å²) in [6.07, 6.45) is 2.49. The molecule has 1 amide bonds. The van der Waals surface area contributed by atoms with Crippen molar-refractivity contribution < 1.29 is 13.2 Å². The Hall–Kier alpha value is -1.60. The Labute approximate surface area is 162 Å². The predicted octanol–water partition coefficient (Wildman–Crippen LogP) is 4.25. The maximum Gasteiger partial charge on any atom is 0.257 e. The van der Waals surface area contributed by atoms with E-state index in [1.54, 1.807) is 12.1 Å². The van der Waals surface area contributed by atoms with Crippen molar-refractivity contribution in [3.63, 3.8) is 0 Å².